The summed E-state index contributed by atoms with van der Waals surface area (Å²) in [6.45, 7) is 2.61. The molecule has 1 aromatic carbocycles. The van der Waals surface area contributed by atoms with Gasteiger partial charge in [-0.25, -0.2) is 4.98 Å². The van der Waals surface area contributed by atoms with E-state index >= 15 is 0 Å². The average Bonchev–Trinajstić information content (AvgIpc) is 2.89. The van der Waals surface area contributed by atoms with Gasteiger partial charge in [0, 0.05) is 35.4 Å². The number of carbonyl (C=O) groups is 1. The number of imidazole rings is 1. The molecule has 0 saturated carbocycles. The second-order valence-electron chi connectivity index (χ2n) is 5.22. The monoisotopic (exact) mass is 357 g/mol. The number of nitrogens with one attached hydrogen (secondary N) is 1. The van der Waals surface area contributed by atoms with Crippen LogP contribution in [0, 0.1) is 6.92 Å². The number of benzene rings is 1. The molecule has 0 aliphatic heterocycles. The van der Waals surface area contributed by atoms with Crippen molar-refractivity contribution in [3.8, 4) is 0 Å². The Hall–Kier alpha value is -2.14. The van der Waals surface area contributed by atoms with E-state index < -0.39 is 0 Å². The highest BCUT2D eigenvalue weighted by Crippen LogP contribution is 2.11. The largest absolute Gasteiger partial charge is 0.352 e. The number of aromatic nitrogens is 2. The Morgan fingerprint density at radius 2 is 2.18 bits per heavy atom. The molecular formula is C17H16BrN3O. The normalized spacial score (nSPS) is 10.8. The molecular weight excluding hydrogens is 342 g/mol. The first-order valence-electron chi connectivity index (χ1n) is 7.10. The summed E-state index contributed by atoms with van der Waals surface area (Å²) in [5.74, 6) is -0.0686. The summed E-state index contributed by atoms with van der Waals surface area (Å²) in [5, 5.41) is 2.92. The van der Waals surface area contributed by atoms with Gasteiger partial charge in [-0.05, 0) is 42.8 Å². The summed E-state index contributed by atoms with van der Waals surface area (Å²) in [4.78, 5) is 16.6. The van der Waals surface area contributed by atoms with Crippen LogP contribution >= 0.6 is 15.9 Å². The smallest absolute Gasteiger partial charge is 0.251 e. The molecule has 2 heterocycles. The van der Waals surface area contributed by atoms with Gasteiger partial charge in [-0.15, -0.1) is 0 Å². The summed E-state index contributed by atoms with van der Waals surface area (Å²) < 4.78 is 2.90. The van der Waals surface area contributed by atoms with E-state index in [0.717, 1.165) is 15.8 Å². The molecule has 0 fully saturated rings. The van der Waals surface area contributed by atoms with Crippen LogP contribution < -0.4 is 5.32 Å². The molecule has 0 unspecified atom stereocenters. The van der Waals surface area contributed by atoms with Crippen LogP contribution in [0.4, 0.5) is 0 Å². The van der Waals surface area contributed by atoms with Crippen LogP contribution in [0.2, 0.25) is 0 Å². The number of fused-ring (bicyclic) bond motifs is 1. The van der Waals surface area contributed by atoms with Gasteiger partial charge < -0.3 is 9.72 Å². The van der Waals surface area contributed by atoms with Crippen molar-refractivity contribution < 1.29 is 4.79 Å². The number of carbonyl (C=O) groups excluding carboxylic acids is 1. The zero-order valence-electron chi connectivity index (χ0n) is 12.2. The lowest BCUT2D eigenvalue weighted by molar-refractivity contribution is 0.0954. The lowest BCUT2D eigenvalue weighted by atomic mass is 10.2. The standard InChI is InChI=1S/C17H16BrN3O/c1-12-6-8-21-11-15(20-16(21)9-12)5-7-19-17(22)13-3-2-4-14(18)10-13/h2-4,6,8-11H,5,7H2,1H3,(H,19,22). The van der Waals surface area contributed by atoms with Crippen LogP contribution in [0.25, 0.3) is 5.65 Å². The van der Waals surface area contributed by atoms with E-state index in [9.17, 15) is 4.79 Å². The molecule has 0 atom stereocenters. The first kappa shape index (κ1) is 14.8. The number of nitrogens with zero attached hydrogens (tertiary/aromatic N) is 2. The Kier molecular flexibility index (Phi) is 4.24. The van der Waals surface area contributed by atoms with E-state index in [4.69, 9.17) is 0 Å². The van der Waals surface area contributed by atoms with Crippen molar-refractivity contribution in [2.24, 2.45) is 0 Å². The molecule has 1 N–H and O–H groups in total. The van der Waals surface area contributed by atoms with Gasteiger partial charge in [0.25, 0.3) is 5.91 Å². The van der Waals surface area contributed by atoms with Gasteiger partial charge in [-0.3, -0.25) is 4.79 Å². The number of hydrogen-bond donors (Lipinski definition) is 1. The lowest BCUT2D eigenvalue weighted by Crippen LogP contribution is -2.25. The Morgan fingerprint density at radius 3 is 3.00 bits per heavy atom. The summed E-state index contributed by atoms with van der Waals surface area (Å²) in [5.41, 5.74) is 3.75. The minimum Gasteiger partial charge on any atom is -0.352 e. The van der Waals surface area contributed by atoms with E-state index in [1.165, 1.54) is 5.56 Å². The molecule has 0 saturated heterocycles. The predicted octanol–water partition coefficient (Wildman–Crippen LogP) is 3.38. The highest BCUT2D eigenvalue weighted by molar-refractivity contribution is 9.10. The molecule has 112 valence electrons. The van der Waals surface area contributed by atoms with Crippen molar-refractivity contribution in [2.75, 3.05) is 6.54 Å². The SMILES string of the molecule is Cc1ccn2cc(CCNC(=O)c3cccc(Br)c3)nc2c1. The number of amides is 1. The average molecular weight is 358 g/mol. The number of pyridine rings is 1. The summed E-state index contributed by atoms with van der Waals surface area (Å²) >= 11 is 3.37. The molecule has 1 amide bonds. The van der Waals surface area contributed by atoms with Crippen molar-refractivity contribution in [1.29, 1.82) is 0 Å². The second kappa shape index (κ2) is 6.32. The minimum atomic E-state index is -0.0686. The third-order valence-corrected chi connectivity index (χ3v) is 3.91. The van der Waals surface area contributed by atoms with Crippen molar-refractivity contribution in [3.05, 3.63) is 70.1 Å². The molecule has 4 nitrogen and oxygen atoms in total. The summed E-state index contributed by atoms with van der Waals surface area (Å²) in [7, 11) is 0. The zero-order valence-corrected chi connectivity index (χ0v) is 13.8. The van der Waals surface area contributed by atoms with E-state index in [0.29, 0.717) is 18.5 Å². The van der Waals surface area contributed by atoms with E-state index in [2.05, 4.69) is 26.2 Å². The Morgan fingerprint density at radius 1 is 1.32 bits per heavy atom. The van der Waals surface area contributed by atoms with Gasteiger partial charge in [0.15, 0.2) is 0 Å². The van der Waals surface area contributed by atoms with Gasteiger partial charge in [-0.1, -0.05) is 22.0 Å². The number of aryl methyl sites for hydroxylation is 1. The van der Waals surface area contributed by atoms with Gasteiger partial charge in [0.05, 0.1) is 5.69 Å². The fraction of sp³-hybridized carbons (Fsp3) is 0.176. The minimum absolute atomic E-state index is 0.0686. The van der Waals surface area contributed by atoms with Crippen LogP contribution in [0.3, 0.4) is 0 Å². The molecule has 22 heavy (non-hydrogen) atoms. The molecule has 3 rings (SSSR count). The van der Waals surface area contributed by atoms with Crippen LogP contribution in [0.1, 0.15) is 21.6 Å². The molecule has 0 aliphatic carbocycles. The maximum atomic E-state index is 12.0. The van der Waals surface area contributed by atoms with Crippen LogP contribution in [0.15, 0.2) is 53.3 Å². The van der Waals surface area contributed by atoms with Crippen molar-refractivity contribution in [1.82, 2.24) is 14.7 Å². The van der Waals surface area contributed by atoms with Gasteiger partial charge in [0.1, 0.15) is 5.65 Å². The number of rotatable bonds is 4. The fourth-order valence-corrected chi connectivity index (χ4v) is 2.69. The highest BCUT2D eigenvalue weighted by Gasteiger charge is 2.06. The van der Waals surface area contributed by atoms with Crippen LogP contribution in [-0.2, 0) is 6.42 Å². The summed E-state index contributed by atoms with van der Waals surface area (Å²) in [6.07, 6.45) is 4.71. The van der Waals surface area contributed by atoms with Gasteiger partial charge >= 0.3 is 0 Å². The molecule has 0 bridgehead atoms. The molecule has 2 aromatic heterocycles. The third-order valence-electron chi connectivity index (χ3n) is 3.42. The molecule has 0 spiro atoms. The zero-order chi connectivity index (χ0) is 15.5. The second-order valence-corrected chi connectivity index (χ2v) is 6.13. The Balaban J connectivity index is 1.61. The predicted molar refractivity (Wildman–Crippen MR) is 90.1 cm³/mol. The maximum absolute atomic E-state index is 12.0. The summed E-state index contributed by atoms with van der Waals surface area (Å²) in [6, 6.07) is 11.5. The topological polar surface area (TPSA) is 46.4 Å². The molecule has 0 radical (unpaired) electrons. The van der Waals surface area contributed by atoms with Crippen molar-refractivity contribution >= 4 is 27.5 Å². The highest BCUT2D eigenvalue weighted by atomic mass is 79.9. The van der Waals surface area contributed by atoms with Gasteiger partial charge in [-0.2, -0.15) is 0 Å². The first-order chi connectivity index (χ1) is 10.6. The van der Waals surface area contributed by atoms with E-state index in [1.54, 1.807) is 6.07 Å². The molecule has 3 aromatic rings. The third kappa shape index (κ3) is 3.36. The first-order valence-corrected chi connectivity index (χ1v) is 7.89. The fourth-order valence-electron chi connectivity index (χ4n) is 2.29. The van der Waals surface area contributed by atoms with E-state index in [1.807, 2.05) is 54.0 Å². The number of hydrogen-bond acceptors (Lipinski definition) is 2. The van der Waals surface area contributed by atoms with Crippen molar-refractivity contribution in [3.63, 3.8) is 0 Å². The van der Waals surface area contributed by atoms with Crippen LogP contribution in [-0.4, -0.2) is 21.8 Å². The Labute approximate surface area is 137 Å². The maximum Gasteiger partial charge on any atom is 0.251 e. The van der Waals surface area contributed by atoms with Crippen LogP contribution in [0.5, 0.6) is 0 Å². The van der Waals surface area contributed by atoms with Crippen molar-refractivity contribution in [2.45, 2.75) is 13.3 Å². The number of halogens is 1. The lowest BCUT2D eigenvalue weighted by Gasteiger charge is -2.04. The molecule has 0 aliphatic rings. The quantitative estimate of drug-likeness (QED) is 0.777. The van der Waals surface area contributed by atoms with Gasteiger partial charge in [0.2, 0.25) is 0 Å². The van der Waals surface area contributed by atoms with E-state index in [-0.39, 0.29) is 5.91 Å². The Bertz CT molecular complexity index is 826. The molecule has 5 heteroatoms.